The van der Waals surface area contributed by atoms with Crippen LogP contribution in [0.5, 0.6) is 5.75 Å². The van der Waals surface area contributed by atoms with Gasteiger partial charge < -0.3 is 10.1 Å². The molecule has 1 N–H and O–H groups in total. The van der Waals surface area contributed by atoms with Crippen molar-refractivity contribution in [3.8, 4) is 5.75 Å². The Kier molecular flexibility index (Phi) is 5.83. The molecule has 0 saturated carbocycles. The van der Waals surface area contributed by atoms with Crippen LogP contribution in [-0.2, 0) is 0 Å². The maximum atomic E-state index is 12.6. The van der Waals surface area contributed by atoms with Crippen LogP contribution in [0.2, 0.25) is 0 Å². The summed E-state index contributed by atoms with van der Waals surface area (Å²) in [4.78, 5) is 15.4. The van der Waals surface area contributed by atoms with Crippen molar-refractivity contribution in [1.82, 2.24) is 10.2 Å². The molecule has 1 aromatic carbocycles. The van der Waals surface area contributed by atoms with E-state index >= 15 is 0 Å². The van der Waals surface area contributed by atoms with E-state index in [0.717, 1.165) is 27.6 Å². The number of ether oxygens (including phenoxy) is 1. The Morgan fingerprint density at radius 1 is 1.41 bits per heavy atom. The van der Waals surface area contributed by atoms with Gasteiger partial charge in [0.2, 0.25) is 0 Å². The molecule has 2 aromatic rings. The van der Waals surface area contributed by atoms with E-state index < -0.39 is 0 Å². The molecule has 0 aliphatic heterocycles. The topological polar surface area (TPSA) is 41.6 Å². The average molecular weight is 385 g/mol. The van der Waals surface area contributed by atoms with Gasteiger partial charge in [0.25, 0.3) is 5.91 Å². The fourth-order valence-electron chi connectivity index (χ4n) is 2.52. The molecule has 22 heavy (non-hydrogen) atoms. The van der Waals surface area contributed by atoms with Gasteiger partial charge in [0.05, 0.1) is 13.3 Å². The minimum atomic E-state index is -0.0893. The Balaban J connectivity index is 2.31. The molecular weight excluding hydrogens is 364 g/mol. The van der Waals surface area contributed by atoms with Gasteiger partial charge in [-0.2, -0.15) is 0 Å². The van der Waals surface area contributed by atoms with E-state index in [1.807, 2.05) is 25.1 Å². The number of halogens is 1. The van der Waals surface area contributed by atoms with Crippen LogP contribution in [-0.4, -0.2) is 37.2 Å². The van der Waals surface area contributed by atoms with E-state index in [9.17, 15) is 4.79 Å². The van der Waals surface area contributed by atoms with Gasteiger partial charge in [-0.3, -0.25) is 9.69 Å². The van der Waals surface area contributed by atoms with Gasteiger partial charge in [-0.25, -0.2) is 0 Å². The highest BCUT2D eigenvalue weighted by molar-refractivity contribution is 9.10. The summed E-state index contributed by atoms with van der Waals surface area (Å²) in [6.07, 6.45) is -0.0100. The number of hydrogen-bond donors (Lipinski definition) is 1. The average Bonchev–Trinajstić information content (AvgIpc) is 2.86. The first kappa shape index (κ1) is 17.2. The first-order valence-electron chi connectivity index (χ1n) is 7.32. The van der Waals surface area contributed by atoms with Crippen molar-refractivity contribution in [1.29, 1.82) is 0 Å². The molecule has 0 fully saturated rings. The lowest BCUT2D eigenvalue weighted by Gasteiger charge is -2.26. The SMILES string of the molecule is CCN(CC)C(C)NC(=O)c1sc2ccc(Br)cc2c1OC. The van der Waals surface area contributed by atoms with E-state index in [-0.39, 0.29) is 12.1 Å². The predicted octanol–water partition coefficient (Wildman–Crippen LogP) is 4.09. The van der Waals surface area contributed by atoms with E-state index in [1.54, 1.807) is 7.11 Å². The quantitative estimate of drug-likeness (QED) is 0.762. The van der Waals surface area contributed by atoms with Gasteiger partial charge in [0.1, 0.15) is 10.6 Å². The second-order valence-corrected chi connectivity index (χ2v) is 6.94. The lowest BCUT2D eigenvalue weighted by molar-refractivity contribution is 0.0876. The molecule has 0 radical (unpaired) electrons. The van der Waals surface area contributed by atoms with Crippen LogP contribution < -0.4 is 10.1 Å². The summed E-state index contributed by atoms with van der Waals surface area (Å²) < 4.78 is 7.50. The third-order valence-corrected chi connectivity index (χ3v) is 5.36. The summed E-state index contributed by atoms with van der Waals surface area (Å²) in [5, 5.41) is 4.01. The molecule has 2 rings (SSSR count). The minimum absolute atomic E-state index is 0.0100. The van der Waals surface area contributed by atoms with Crippen LogP contribution in [0.4, 0.5) is 0 Å². The van der Waals surface area contributed by atoms with Crippen molar-refractivity contribution in [3.63, 3.8) is 0 Å². The van der Waals surface area contributed by atoms with Crippen LogP contribution in [0, 0.1) is 0 Å². The number of hydrogen-bond acceptors (Lipinski definition) is 4. The van der Waals surface area contributed by atoms with E-state index in [1.165, 1.54) is 11.3 Å². The van der Waals surface area contributed by atoms with Gasteiger partial charge in [0, 0.05) is 14.6 Å². The first-order chi connectivity index (χ1) is 10.5. The van der Waals surface area contributed by atoms with E-state index in [2.05, 4.69) is 40.0 Å². The molecule has 120 valence electrons. The molecule has 1 amide bonds. The fourth-order valence-corrected chi connectivity index (χ4v) is 3.93. The molecule has 0 aliphatic rings. The Bertz CT molecular complexity index is 667. The van der Waals surface area contributed by atoms with E-state index in [4.69, 9.17) is 4.74 Å². The Labute approximate surface area is 143 Å². The zero-order valence-electron chi connectivity index (χ0n) is 13.3. The molecule has 6 heteroatoms. The number of thiophene rings is 1. The molecule has 0 saturated heterocycles. The van der Waals surface area contributed by atoms with Crippen LogP contribution in [0.1, 0.15) is 30.4 Å². The van der Waals surface area contributed by atoms with Gasteiger partial charge in [-0.15, -0.1) is 11.3 Å². The van der Waals surface area contributed by atoms with Crippen LogP contribution in [0.3, 0.4) is 0 Å². The molecular formula is C16H21BrN2O2S. The van der Waals surface area contributed by atoms with E-state index in [0.29, 0.717) is 10.6 Å². The van der Waals surface area contributed by atoms with Crippen molar-refractivity contribution in [2.24, 2.45) is 0 Å². The number of carbonyl (C=O) groups is 1. The molecule has 0 aliphatic carbocycles. The number of nitrogens with one attached hydrogen (secondary N) is 1. The number of methoxy groups -OCH3 is 1. The number of carbonyl (C=O) groups excluding carboxylic acids is 1. The standard InChI is InChI=1S/C16H21BrN2O2S/c1-5-19(6-2)10(3)18-16(20)15-14(21-4)12-9-11(17)7-8-13(12)22-15/h7-10H,5-6H2,1-4H3,(H,18,20). The van der Waals surface area contributed by atoms with Crippen molar-refractivity contribution in [3.05, 3.63) is 27.5 Å². The molecule has 4 nitrogen and oxygen atoms in total. The van der Waals surface area contributed by atoms with Crippen LogP contribution in [0.15, 0.2) is 22.7 Å². The highest BCUT2D eigenvalue weighted by atomic mass is 79.9. The number of rotatable bonds is 6. The number of fused-ring (bicyclic) bond motifs is 1. The molecule has 1 heterocycles. The van der Waals surface area contributed by atoms with Crippen molar-refractivity contribution in [2.75, 3.05) is 20.2 Å². The Hall–Kier alpha value is -1.11. The fraction of sp³-hybridized carbons (Fsp3) is 0.438. The first-order valence-corrected chi connectivity index (χ1v) is 8.93. The highest BCUT2D eigenvalue weighted by Gasteiger charge is 2.22. The summed E-state index contributed by atoms with van der Waals surface area (Å²) in [6, 6.07) is 5.95. The summed E-state index contributed by atoms with van der Waals surface area (Å²) in [7, 11) is 1.60. The maximum absolute atomic E-state index is 12.6. The molecule has 1 unspecified atom stereocenters. The van der Waals surface area contributed by atoms with Crippen molar-refractivity contribution in [2.45, 2.75) is 26.9 Å². The number of amides is 1. The smallest absolute Gasteiger partial charge is 0.266 e. The minimum Gasteiger partial charge on any atom is -0.494 e. The highest BCUT2D eigenvalue weighted by Crippen LogP contribution is 2.39. The monoisotopic (exact) mass is 384 g/mol. The third-order valence-electron chi connectivity index (χ3n) is 3.71. The summed E-state index contributed by atoms with van der Waals surface area (Å²) in [6.45, 7) is 7.97. The summed E-state index contributed by atoms with van der Waals surface area (Å²) in [5.41, 5.74) is 0. The molecule has 1 aromatic heterocycles. The zero-order valence-corrected chi connectivity index (χ0v) is 15.7. The number of nitrogens with zero attached hydrogens (tertiary/aromatic N) is 1. The maximum Gasteiger partial charge on any atom is 0.266 e. The zero-order chi connectivity index (χ0) is 16.3. The van der Waals surface area contributed by atoms with Crippen LogP contribution in [0.25, 0.3) is 10.1 Å². The van der Waals surface area contributed by atoms with Gasteiger partial charge in [0.15, 0.2) is 0 Å². The van der Waals surface area contributed by atoms with Gasteiger partial charge in [-0.05, 0) is 38.2 Å². The number of benzene rings is 1. The normalized spacial score (nSPS) is 12.6. The third kappa shape index (κ3) is 3.45. The lowest BCUT2D eigenvalue weighted by atomic mass is 10.2. The lowest BCUT2D eigenvalue weighted by Crippen LogP contribution is -2.45. The predicted molar refractivity (Wildman–Crippen MR) is 95.9 cm³/mol. The van der Waals surface area contributed by atoms with Crippen molar-refractivity contribution >= 4 is 43.3 Å². The van der Waals surface area contributed by atoms with Crippen molar-refractivity contribution < 1.29 is 9.53 Å². The second-order valence-electron chi connectivity index (χ2n) is 4.98. The molecule has 1 atom stereocenters. The largest absolute Gasteiger partial charge is 0.494 e. The Morgan fingerprint density at radius 2 is 2.09 bits per heavy atom. The Morgan fingerprint density at radius 3 is 2.68 bits per heavy atom. The van der Waals surface area contributed by atoms with Gasteiger partial charge in [-0.1, -0.05) is 29.8 Å². The summed E-state index contributed by atoms with van der Waals surface area (Å²) >= 11 is 4.92. The summed E-state index contributed by atoms with van der Waals surface area (Å²) in [5.74, 6) is 0.555. The molecule has 0 bridgehead atoms. The van der Waals surface area contributed by atoms with Crippen LogP contribution >= 0.6 is 27.3 Å². The van der Waals surface area contributed by atoms with Gasteiger partial charge >= 0.3 is 0 Å². The second kappa shape index (κ2) is 7.44. The molecule has 0 spiro atoms.